The van der Waals surface area contributed by atoms with Gasteiger partial charge in [-0.05, 0) is 24.8 Å². The number of rotatable bonds is 6. The SMILES string of the molecule is O=C(O)C1CCN(C(=O)COCCc2ccccc2)CC1. The summed E-state index contributed by atoms with van der Waals surface area (Å²) >= 11 is 0. The Kier molecular flexibility index (Phi) is 5.75. The Labute approximate surface area is 124 Å². The summed E-state index contributed by atoms with van der Waals surface area (Å²) in [5.74, 6) is -1.12. The van der Waals surface area contributed by atoms with Crippen LogP contribution in [-0.2, 0) is 20.7 Å². The molecule has 1 aromatic rings. The van der Waals surface area contributed by atoms with Gasteiger partial charge in [0.15, 0.2) is 0 Å². The summed E-state index contributed by atoms with van der Waals surface area (Å²) in [6, 6.07) is 9.98. The van der Waals surface area contributed by atoms with Crippen LogP contribution in [-0.4, -0.2) is 48.2 Å². The Morgan fingerprint density at radius 1 is 1.19 bits per heavy atom. The van der Waals surface area contributed by atoms with Gasteiger partial charge in [-0.3, -0.25) is 9.59 Å². The first kappa shape index (κ1) is 15.5. The molecule has 5 nitrogen and oxygen atoms in total. The van der Waals surface area contributed by atoms with E-state index in [9.17, 15) is 9.59 Å². The second-order valence-corrected chi connectivity index (χ2v) is 5.28. The summed E-state index contributed by atoms with van der Waals surface area (Å²) in [5, 5.41) is 8.92. The molecule has 1 aliphatic heterocycles. The van der Waals surface area contributed by atoms with Gasteiger partial charge < -0.3 is 14.7 Å². The zero-order valence-corrected chi connectivity index (χ0v) is 12.0. The summed E-state index contributed by atoms with van der Waals surface area (Å²) in [6.07, 6.45) is 1.85. The quantitative estimate of drug-likeness (QED) is 0.808. The minimum absolute atomic E-state index is 0.0492. The van der Waals surface area contributed by atoms with Gasteiger partial charge in [-0.1, -0.05) is 30.3 Å². The molecule has 1 aromatic carbocycles. The average molecular weight is 291 g/mol. The summed E-state index contributed by atoms with van der Waals surface area (Å²) in [7, 11) is 0. The van der Waals surface area contributed by atoms with Crippen molar-refractivity contribution in [2.45, 2.75) is 19.3 Å². The van der Waals surface area contributed by atoms with Crippen LogP contribution < -0.4 is 0 Å². The van der Waals surface area contributed by atoms with Crippen molar-refractivity contribution >= 4 is 11.9 Å². The molecule has 114 valence electrons. The largest absolute Gasteiger partial charge is 0.481 e. The predicted molar refractivity (Wildman–Crippen MR) is 77.9 cm³/mol. The van der Waals surface area contributed by atoms with Crippen LogP contribution in [0.25, 0.3) is 0 Å². The van der Waals surface area contributed by atoms with Gasteiger partial charge in [-0.2, -0.15) is 0 Å². The van der Waals surface area contributed by atoms with E-state index in [2.05, 4.69) is 0 Å². The number of carboxylic acid groups (broad SMARTS) is 1. The molecule has 1 heterocycles. The van der Waals surface area contributed by atoms with Gasteiger partial charge >= 0.3 is 5.97 Å². The van der Waals surface area contributed by atoms with Gasteiger partial charge in [-0.25, -0.2) is 0 Å². The topological polar surface area (TPSA) is 66.8 Å². The molecule has 5 heteroatoms. The Hall–Kier alpha value is -1.88. The van der Waals surface area contributed by atoms with Crippen LogP contribution in [0.15, 0.2) is 30.3 Å². The monoisotopic (exact) mass is 291 g/mol. The molecule has 0 aliphatic carbocycles. The van der Waals surface area contributed by atoms with Gasteiger partial charge in [-0.15, -0.1) is 0 Å². The zero-order valence-electron chi connectivity index (χ0n) is 12.0. The van der Waals surface area contributed by atoms with E-state index in [-0.39, 0.29) is 18.4 Å². The van der Waals surface area contributed by atoms with Crippen LogP contribution in [0.5, 0.6) is 0 Å². The number of piperidine rings is 1. The first-order valence-corrected chi connectivity index (χ1v) is 7.29. The predicted octanol–water partition coefficient (Wildman–Crippen LogP) is 1.57. The van der Waals surface area contributed by atoms with Gasteiger partial charge in [0.2, 0.25) is 5.91 Å². The number of nitrogens with zero attached hydrogens (tertiary/aromatic N) is 1. The maximum Gasteiger partial charge on any atom is 0.306 e. The molecule has 1 amide bonds. The lowest BCUT2D eigenvalue weighted by Crippen LogP contribution is -2.42. The number of carbonyl (C=O) groups is 2. The van der Waals surface area contributed by atoms with Gasteiger partial charge in [0.1, 0.15) is 6.61 Å². The smallest absolute Gasteiger partial charge is 0.306 e. The number of likely N-dealkylation sites (tertiary alicyclic amines) is 1. The Balaban J connectivity index is 1.63. The Bertz CT molecular complexity index is 466. The van der Waals surface area contributed by atoms with Crippen molar-refractivity contribution in [2.24, 2.45) is 5.92 Å². The molecule has 1 fully saturated rings. The van der Waals surface area contributed by atoms with Crippen molar-refractivity contribution < 1.29 is 19.4 Å². The zero-order chi connectivity index (χ0) is 15.1. The van der Waals surface area contributed by atoms with Crippen molar-refractivity contribution in [3.63, 3.8) is 0 Å². The van der Waals surface area contributed by atoms with Gasteiger partial charge in [0, 0.05) is 13.1 Å². The van der Waals surface area contributed by atoms with Crippen LogP contribution in [0, 0.1) is 5.92 Å². The standard InChI is InChI=1S/C16H21NO4/c18-15(17-9-6-14(7-10-17)16(19)20)12-21-11-8-13-4-2-1-3-5-13/h1-5,14H,6-12H2,(H,19,20). The van der Waals surface area contributed by atoms with Crippen LogP contribution in [0.2, 0.25) is 0 Å². The lowest BCUT2D eigenvalue weighted by molar-refractivity contribution is -0.146. The van der Waals surface area contributed by atoms with E-state index in [0.29, 0.717) is 32.5 Å². The fourth-order valence-electron chi connectivity index (χ4n) is 2.46. The number of carbonyl (C=O) groups excluding carboxylic acids is 1. The third-order valence-electron chi connectivity index (χ3n) is 3.80. The third kappa shape index (κ3) is 4.86. The molecular formula is C16H21NO4. The molecule has 0 unspecified atom stereocenters. The van der Waals surface area contributed by atoms with Crippen molar-refractivity contribution in [3.05, 3.63) is 35.9 Å². The highest BCUT2D eigenvalue weighted by Crippen LogP contribution is 2.17. The molecule has 0 bridgehead atoms. The number of carboxylic acids is 1. The summed E-state index contributed by atoms with van der Waals surface area (Å²) in [5.41, 5.74) is 1.19. The lowest BCUT2D eigenvalue weighted by atomic mass is 9.97. The van der Waals surface area contributed by atoms with E-state index in [1.165, 1.54) is 5.56 Å². The van der Waals surface area contributed by atoms with Crippen molar-refractivity contribution in [3.8, 4) is 0 Å². The maximum atomic E-state index is 11.9. The van der Waals surface area contributed by atoms with E-state index in [4.69, 9.17) is 9.84 Å². The fraction of sp³-hybridized carbons (Fsp3) is 0.500. The van der Waals surface area contributed by atoms with Crippen LogP contribution in [0.1, 0.15) is 18.4 Å². The highest BCUT2D eigenvalue weighted by Gasteiger charge is 2.26. The molecule has 2 rings (SSSR count). The molecule has 1 saturated heterocycles. The Morgan fingerprint density at radius 2 is 1.86 bits per heavy atom. The van der Waals surface area contributed by atoms with Crippen molar-refractivity contribution in [1.82, 2.24) is 4.90 Å². The highest BCUT2D eigenvalue weighted by molar-refractivity contribution is 5.78. The van der Waals surface area contributed by atoms with Crippen LogP contribution in [0.4, 0.5) is 0 Å². The number of amides is 1. The van der Waals surface area contributed by atoms with E-state index >= 15 is 0 Å². The highest BCUT2D eigenvalue weighted by atomic mass is 16.5. The molecule has 1 N–H and O–H groups in total. The normalized spacial score (nSPS) is 15.9. The number of benzene rings is 1. The number of ether oxygens (including phenoxy) is 1. The molecule has 21 heavy (non-hydrogen) atoms. The minimum atomic E-state index is -0.763. The van der Waals surface area contributed by atoms with Gasteiger partial charge in [0.05, 0.1) is 12.5 Å². The van der Waals surface area contributed by atoms with Crippen molar-refractivity contribution in [2.75, 3.05) is 26.3 Å². The third-order valence-corrected chi connectivity index (χ3v) is 3.80. The average Bonchev–Trinajstić information content (AvgIpc) is 2.52. The molecule has 0 aromatic heterocycles. The molecule has 0 atom stereocenters. The lowest BCUT2D eigenvalue weighted by Gasteiger charge is -2.30. The second kappa shape index (κ2) is 7.78. The molecule has 0 saturated carbocycles. The minimum Gasteiger partial charge on any atom is -0.481 e. The summed E-state index contributed by atoms with van der Waals surface area (Å²) < 4.78 is 5.42. The summed E-state index contributed by atoms with van der Waals surface area (Å²) in [4.78, 5) is 24.5. The van der Waals surface area contributed by atoms with E-state index in [1.807, 2.05) is 30.3 Å². The van der Waals surface area contributed by atoms with E-state index in [1.54, 1.807) is 4.90 Å². The molecule has 1 aliphatic rings. The summed E-state index contributed by atoms with van der Waals surface area (Å²) in [6.45, 7) is 1.61. The Morgan fingerprint density at radius 3 is 2.48 bits per heavy atom. The first-order chi connectivity index (χ1) is 10.2. The number of aliphatic carboxylic acids is 1. The second-order valence-electron chi connectivity index (χ2n) is 5.28. The van der Waals surface area contributed by atoms with Gasteiger partial charge in [0.25, 0.3) is 0 Å². The molecular weight excluding hydrogens is 270 g/mol. The van der Waals surface area contributed by atoms with E-state index in [0.717, 1.165) is 6.42 Å². The van der Waals surface area contributed by atoms with Crippen LogP contribution >= 0.6 is 0 Å². The maximum absolute atomic E-state index is 11.9. The fourth-order valence-corrected chi connectivity index (χ4v) is 2.46. The first-order valence-electron chi connectivity index (χ1n) is 7.29. The van der Waals surface area contributed by atoms with E-state index < -0.39 is 5.97 Å². The number of hydrogen-bond acceptors (Lipinski definition) is 3. The molecule has 0 radical (unpaired) electrons. The van der Waals surface area contributed by atoms with Crippen molar-refractivity contribution in [1.29, 1.82) is 0 Å². The number of hydrogen-bond donors (Lipinski definition) is 1. The molecule has 0 spiro atoms. The van der Waals surface area contributed by atoms with Crippen LogP contribution in [0.3, 0.4) is 0 Å².